The number of aromatic nitrogens is 2. The number of halogens is 1. The van der Waals surface area contributed by atoms with E-state index < -0.39 is 5.92 Å². The van der Waals surface area contributed by atoms with E-state index in [1.807, 2.05) is 50.2 Å². The fourth-order valence-corrected chi connectivity index (χ4v) is 4.59. The number of fused-ring (bicyclic) bond motifs is 1. The van der Waals surface area contributed by atoms with Crippen LogP contribution in [0.1, 0.15) is 48.3 Å². The Bertz CT molecular complexity index is 1460. The molecular formula is C29H28FN5O2. The van der Waals surface area contributed by atoms with Gasteiger partial charge in [0.2, 0.25) is 5.91 Å². The molecule has 5 rings (SSSR count). The lowest BCUT2D eigenvalue weighted by Gasteiger charge is -2.30. The van der Waals surface area contributed by atoms with Crippen LogP contribution in [0.3, 0.4) is 0 Å². The fourth-order valence-electron chi connectivity index (χ4n) is 4.59. The molecule has 2 aromatic carbocycles. The summed E-state index contributed by atoms with van der Waals surface area (Å²) in [5.74, 6) is -0.880. The third kappa shape index (κ3) is 5.09. The van der Waals surface area contributed by atoms with E-state index in [1.54, 1.807) is 31.3 Å². The Labute approximate surface area is 214 Å². The minimum Gasteiger partial charge on any atom is -0.356 e. The quantitative estimate of drug-likeness (QED) is 0.272. The van der Waals surface area contributed by atoms with E-state index in [0.717, 1.165) is 22.6 Å². The average molecular weight is 498 g/mol. The van der Waals surface area contributed by atoms with Gasteiger partial charge >= 0.3 is 0 Å². The Morgan fingerprint density at radius 1 is 1.08 bits per heavy atom. The second kappa shape index (κ2) is 9.54. The van der Waals surface area contributed by atoms with E-state index >= 15 is 0 Å². The van der Waals surface area contributed by atoms with Crippen molar-refractivity contribution in [3.8, 4) is 11.3 Å². The van der Waals surface area contributed by atoms with Crippen LogP contribution in [-0.4, -0.2) is 27.3 Å². The van der Waals surface area contributed by atoms with Crippen LogP contribution in [-0.2, 0) is 11.2 Å². The van der Waals surface area contributed by atoms with Gasteiger partial charge in [0.15, 0.2) is 0 Å². The number of amides is 2. The number of rotatable bonds is 6. The Hall–Kier alpha value is -4.46. The highest BCUT2D eigenvalue weighted by Gasteiger charge is 2.35. The van der Waals surface area contributed by atoms with Gasteiger partial charge in [0, 0.05) is 35.1 Å². The summed E-state index contributed by atoms with van der Waals surface area (Å²) in [6, 6.07) is 19.1. The molecule has 1 aliphatic heterocycles. The van der Waals surface area contributed by atoms with Crippen LogP contribution in [0, 0.1) is 5.82 Å². The summed E-state index contributed by atoms with van der Waals surface area (Å²) in [5, 5.41) is 9.35. The minimum absolute atomic E-state index is 0.150. The Morgan fingerprint density at radius 2 is 1.81 bits per heavy atom. The third-order valence-electron chi connectivity index (χ3n) is 6.48. The second-order valence-corrected chi connectivity index (χ2v) is 9.93. The maximum Gasteiger partial charge on any atom is 0.255 e. The molecule has 0 saturated carbocycles. The maximum absolute atomic E-state index is 13.3. The van der Waals surface area contributed by atoms with E-state index in [4.69, 9.17) is 0 Å². The second-order valence-electron chi connectivity index (χ2n) is 9.93. The number of anilines is 3. The number of carbonyl (C=O) groups excluding carboxylic acids is 2. The van der Waals surface area contributed by atoms with Gasteiger partial charge in [-0.05, 0) is 62.7 Å². The predicted octanol–water partition coefficient (Wildman–Crippen LogP) is 5.77. The van der Waals surface area contributed by atoms with Gasteiger partial charge in [-0.3, -0.25) is 9.59 Å². The van der Waals surface area contributed by atoms with Crippen molar-refractivity contribution in [2.75, 3.05) is 10.6 Å². The van der Waals surface area contributed by atoms with Crippen LogP contribution in [0.5, 0.6) is 0 Å². The molecule has 8 heteroatoms. The fraction of sp³-hybridized carbons (Fsp3) is 0.207. The number of H-pyrrole nitrogens is 1. The van der Waals surface area contributed by atoms with Gasteiger partial charge < -0.3 is 20.9 Å². The van der Waals surface area contributed by atoms with E-state index in [9.17, 15) is 14.0 Å². The number of aromatic amines is 1. The van der Waals surface area contributed by atoms with Gasteiger partial charge in [-0.15, -0.1) is 0 Å². The van der Waals surface area contributed by atoms with Crippen molar-refractivity contribution in [2.45, 2.75) is 38.6 Å². The standard InChI is InChI=1S/C29H28FN5O2/c1-17(18-9-11-20(30)12-10-18)27(36)34-23-15-19(13-14-31-23)25-26(32-21-7-5-4-6-8-21)24-22(33-25)16-29(2,3)35-28(24)37/h4-15,17,32-33H,16H2,1-3H3,(H,35,37)(H,31,34,36). The van der Waals surface area contributed by atoms with E-state index in [0.29, 0.717) is 29.1 Å². The molecule has 3 heterocycles. The molecule has 0 fully saturated rings. The summed E-state index contributed by atoms with van der Waals surface area (Å²) in [6.45, 7) is 5.73. The molecule has 0 saturated heterocycles. The van der Waals surface area contributed by atoms with Crippen molar-refractivity contribution >= 4 is 29.0 Å². The van der Waals surface area contributed by atoms with Gasteiger partial charge in [-0.25, -0.2) is 9.37 Å². The molecular weight excluding hydrogens is 469 g/mol. The SMILES string of the molecule is CC(C(=O)Nc1cc(-c2[nH]c3c(c2Nc2ccccc2)C(=O)NC(C)(C)C3)ccn1)c1ccc(F)cc1. The molecule has 0 bridgehead atoms. The number of hydrogen-bond acceptors (Lipinski definition) is 4. The highest BCUT2D eigenvalue weighted by Crippen LogP contribution is 2.39. The van der Waals surface area contributed by atoms with Crippen molar-refractivity contribution in [3.63, 3.8) is 0 Å². The van der Waals surface area contributed by atoms with Crippen LogP contribution in [0.4, 0.5) is 21.6 Å². The summed E-state index contributed by atoms with van der Waals surface area (Å²) in [6.07, 6.45) is 2.26. The number of hydrogen-bond donors (Lipinski definition) is 4. The van der Waals surface area contributed by atoms with E-state index in [-0.39, 0.29) is 23.2 Å². The Kier molecular flexibility index (Phi) is 6.25. The molecule has 2 aromatic heterocycles. The minimum atomic E-state index is -0.495. The highest BCUT2D eigenvalue weighted by molar-refractivity contribution is 6.07. The molecule has 4 N–H and O–H groups in total. The molecule has 188 valence electrons. The smallest absolute Gasteiger partial charge is 0.255 e. The molecule has 7 nitrogen and oxygen atoms in total. The zero-order valence-electron chi connectivity index (χ0n) is 20.9. The molecule has 4 aromatic rings. The largest absolute Gasteiger partial charge is 0.356 e. The van der Waals surface area contributed by atoms with E-state index in [2.05, 4.69) is 25.9 Å². The average Bonchev–Trinajstić information content (AvgIpc) is 3.22. The van der Waals surface area contributed by atoms with Crippen molar-refractivity contribution in [2.24, 2.45) is 0 Å². The zero-order valence-corrected chi connectivity index (χ0v) is 20.9. The normalized spacial score (nSPS) is 14.9. The lowest BCUT2D eigenvalue weighted by molar-refractivity contribution is -0.117. The molecule has 0 aliphatic carbocycles. The molecule has 1 atom stereocenters. The van der Waals surface area contributed by atoms with Gasteiger partial charge in [-0.1, -0.05) is 30.3 Å². The number of benzene rings is 2. The van der Waals surface area contributed by atoms with Crippen molar-refractivity contribution in [1.29, 1.82) is 0 Å². The zero-order chi connectivity index (χ0) is 26.2. The van der Waals surface area contributed by atoms with Gasteiger partial charge in [-0.2, -0.15) is 0 Å². The van der Waals surface area contributed by atoms with Crippen molar-refractivity contribution in [1.82, 2.24) is 15.3 Å². The first-order valence-corrected chi connectivity index (χ1v) is 12.1. The summed E-state index contributed by atoms with van der Waals surface area (Å²) in [4.78, 5) is 33.8. The third-order valence-corrected chi connectivity index (χ3v) is 6.48. The Balaban J connectivity index is 1.49. The molecule has 0 radical (unpaired) electrons. The van der Waals surface area contributed by atoms with Crippen LogP contribution < -0.4 is 16.0 Å². The Morgan fingerprint density at radius 3 is 2.54 bits per heavy atom. The summed E-state index contributed by atoms with van der Waals surface area (Å²) in [7, 11) is 0. The molecule has 0 spiro atoms. The summed E-state index contributed by atoms with van der Waals surface area (Å²) < 4.78 is 13.3. The number of para-hydroxylation sites is 1. The van der Waals surface area contributed by atoms with E-state index in [1.165, 1.54) is 12.1 Å². The van der Waals surface area contributed by atoms with Gasteiger partial charge in [0.1, 0.15) is 11.6 Å². The van der Waals surface area contributed by atoms with Crippen molar-refractivity contribution < 1.29 is 14.0 Å². The predicted molar refractivity (Wildman–Crippen MR) is 142 cm³/mol. The monoisotopic (exact) mass is 497 g/mol. The number of nitrogens with zero attached hydrogens (tertiary/aromatic N) is 1. The molecule has 1 unspecified atom stereocenters. The first kappa shape index (κ1) is 24.2. The maximum atomic E-state index is 13.3. The van der Waals surface area contributed by atoms with Crippen LogP contribution >= 0.6 is 0 Å². The van der Waals surface area contributed by atoms with Crippen LogP contribution in [0.25, 0.3) is 11.3 Å². The number of nitrogens with one attached hydrogen (secondary N) is 4. The first-order chi connectivity index (χ1) is 17.7. The van der Waals surface area contributed by atoms with Gasteiger partial charge in [0.25, 0.3) is 5.91 Å². The summed E-state index contributed by atoms with van der Waals surface area (Å²) in [5.41, 5.74) is 4.74. The van der Waals surface area contributed by atoms with Crippen LogP contribution in [0.15, 0.2) is 72.9 Å². The topological polar surface area (TPSA) is 98.9 Å². The first-order valence-electron chi connectivity index (χ1n) is 12.1. The van der Waals surface area contributed by atoms with Crippen molar-refractivity contribution in [3.05, 3.63) is 95.6 Å². The molecule has 1 aliphatic rings. The number of carbonyl (C=O) groups is 2. The molecule has 37 heavy (non-hydrogen) atoms. The summed E-state index contributed by atoms with van der Waals surface area (Å²) >= 11 is 0. The number of pyridine rings is 1. The lowest BCUT2D eigenvalue weighted by atomic mass is 9.91. The van der Waals surface area contributed by atoms with Gasteiger partial charge in [0.05, 0.1) is 22.9 Å². The molecule has 2 amide bonds. The highest BCUT2D eigenvalue weighted by atomic mass is 19.1. The van der Waals surface area contributed by atoms with Crippen LogP contribution in [0.2, 0.25) is 0 Å². The lowest BCUT2D eigenvalue weighted by Crippen LogP contribution is -2.49.